The fourth-order valence-corrected chi connectivity index (χ4v) is 3.36. The van der Waals surface area contributed by atoms with E-state index in [1.165, 1.54) is 0 Å². The van der Waals surface area contributed by atoms with Crippen molar-refractivity contribution in [1.82, 2.24) is 15.0 Å². The van der Waals surface area contributed by atoms with Crippen molar-refractivity contribution >= 4 is 0 Å². The van der Waals surface area contributed by atoms with Crippen molar-refractivity contribution in [1.29, 1.82) is 0 Å². The lowest BCUT2D eigenvalue weighted by molar-refractivity contribution is 0.208. The lowest BCUT2D eigenvalue weighted by Gasteiger charge is -2.20. The van der Waals surface area contributed by atoms with Gasteiger partial charge < -0.3 is 18.7 Å². The first-order valence-electron chi connectivity index (χ1n) is 8.59. The van der Waals surface area contributed by atoms with Crippen LogP contribution in [0.15, 0.2) is 16.7 Å². The normalized spacial score (nSPS) is 17.7. The molecule has 1 saturated heterocycles. The number of rotatable bonds is 7. The van der Waals surface area contributed by atoms with Gasteiger partial charge in [-0.25, -0.2) is 0 Å². The smallest absolute Gasteiger partial charge is 0.244 e. The predicted molar refractivity (Wildman–Crippen MR) is 93.2 cm³/mol. The van der Waals surface area contributed by atoms with Gasteiger partial charge in [-0.3, -0.25) is 4.90 Å². The third-order valence-electron chi connectivity index (χ3n) is 4.52. The molecule has 7 nitrogen and oxygen atoms in total. The van der Waals surface area contributed by atoms with Gasteiger partial charge in [-0.05, 0) is 44.5 Å². The maximum atomic E-state index is 5.57. The minimum absolute atomic E-state index is 0.211. The third-order valence-corrected chi connectivity index (χ3v) is 4.52. The Bertz CT molecular complexity index is 691. The van der Waals surface area contributed by atoms with Gasteiger partial charge in [-0.15, -0.1) is 0 Å². The second kappa shape index (κ2) is 7.74. The number of benzene rings is 1. The zero-order valence-corrected chi connectivity index (χ0v) is 15.2. The van der Waals surface area contributed by atoms with Gasteiger partial charge in [0.05, 0.1) is 27.4 Å². The summed E-state index contributed by atoms with van der Waals surface area (Å²) in [6.07, 6.45) is 3.33. The summed E-state index contributed by atoms with van der Waals surface area (Å²) in [5.41, 5.74) is 0.768. The molecule has 25 heavy (non-hydrogen) atoms. The lowest BCUT2D eigenvalue weighted by Crippen LogP contribution is -2.24. The van der Waals surface area contributed by atoms with Gasteiger partial charge in [0.1, 0.15) is 0 Å². The Morgan fingerprint density at radius 1 is 1.16 bits per heavy atom. The van der Waals surface area contributed by atoms with Gasteiger partial charge in [-0.1, -0.05) is 12.1 Å². The van der Waals surface area contributed by atoms with Crippen molar-refractivity contribution in [3.05, 3.63) is 18.0 Å². The Morgan fingerprint density at radius 3 is 2.48 bits per heavy atom. The second-order valence-electron chi connectivity index (χ2n) is 6.06. The molecule has 0 N–H and O–H groups in total. The summed E-state index contributed by atoms with van der Waals surface area (Å²) in [6, 6.07) is 3.87. The fourth-order valence-electron chi connectivity index (χ4n) is 3.36. The maximum Gasteiger partial charge on any atom is 0.244 e. The zero-order valence-electron chi connectivity index (χ0n) is 15.2. The van der Waals surface area contributed by atoms with Crippen LogP contribution in [0.4, 0.5) is 0 Å². The van der Waals surface area contributed by atoms with E-state index < -0.39 is 0 Å². The molecule has 2 aromatic rings. The average molecular weight is 347 g/mol. The van der Waals surface area contributed by atoms with Gasteiger partial charge in [0.15, 0.2) is 11.5 Å². The summed E-state index contributed by atoms with van der Waals surface area (Å²) in [7, 11) is 4.75. The standard InChI is InChI=1S/C18H25N3O4/c1-5-8-21-9-6-7-13(21)18-19-17(20-25-18)12-10-14(22-2)16(24-4)15(11-12)23-3/h10-11,13H,5-9H2,1-4H3. The van der Waals surface area contributed by atoms with Gasteiger partial charge in [-0.2, -0.15) is 4.98 Å². The maximum absolute atomic E-state index is 5.57. The van der Waals surface area contributed by atoms with E-state index in [0.29, 0.717) is 29.0 Å². The van der Waals surface area contributed by atoms with Crippen LogP contribution in [0.3, 0.4) is 0 Å². The van der Waals surface area contributed by atoms with E-state index in [4.69, 9.17) is 18.7 Å². The highest BCUT2D eigenvalue weighted by atomic mass is 16.5. The molecule has 0 amide bonds. The quantitative estimate of drug-likeness (QED) is 0.761. The fraction of sp³-hybridized carbons (Fsp3) is 0.556. The Balaban J connectivity index is 1.92. The molecule has 0 spiro atoms. The van der Waals surface area contributed by atoms with E-state index in [2.05, 4.69) is 22.0 Å². The molecule has 3 rings (SSSR count). The predicted octanol–water partition coefficient (Wildman–Crippen LogP) is 3.31. The number of aromatic nitrogens is 2. The molecule has 0 radical (unpaired) electrons. The van der Waals surface area contributed by atoms with Gasteiger partial charge in [0.25, 0.3) is 0 Å². The van der Waals surface area contributed by atoms with E-state index in [0.717, 1.165) is 37.9 Å². The van der Waals surface area contributed by atoms with Crippen LogP contribution < -0.4 is 14.2 Å². The van der Waals surface area contributed by atoms with Crippen LogP contribution in [0.5, 0.6) is 17.2 Å². The first-order chi connectivity index (χ1) is 12.2. The molecule has 1 aliphatic heterocycles. The molecule has 1 fully saturated rings. The van der Waals surface area contributed by atoms with Gasteiger partial charge in [0.2, 0.25) is 17.5 Å². The van der Waals surface area contributed by atoms with E-state index >= 15 is 0 Å². The SMILES string of the molecule is CCCN1CCCC1c1nc(-c2cc(OC)c(OC)c(OC)c2)no1. The molecular weight excluding hydrogens is 322 g/mol. The Morgan fingerprint density at radius 2 is 1.88 bits per heavy atom. The van der Waals surface area contributed by atoms with Crippen LogP contribution in [0.1, 0.15) is 38.1 Å². The van der Waals surface area contributed by atoms with Crippen molar-refractivity contribution in [3.8, 4) is 28.6 Å². The summed E-state index contributed by atoms with van der Waals surface area (Å²) in [6.45, 7) is 4.32. The molecular formula is C18H25N3O4. The summed E-state index contributed by atoms with van der Waals surface area (Å²) in [4.78, 5) is 7.04. The molecule has 1 aromatic carbocycles. The van der Waals surface area contributed by atoms with E-state index in [1.54, 1.807) is 21.3 Å². The van der Waals surface area contributed by atoms with Gasteiger partial charge >= 0.3 is 0 Å². The number of hydrogen-bond acceptors (Lipinski definition) is 7. The van der Waals surface area contributed by atoms with Crippen LogP contribution in [0.2, 0.25) is 0 Å². The van der Waals surface area contributed by atoms with Crippen LogP contribution >= 0.6 is 0 Å². The van der Waals surface area contributed by atoms with Crippen molar-refractivity contribution in [2.75, 3.05) is 34.4 Å². The van der Waals surface area contributed by atoms with E-state index in [1.807, 2.05) is 12.1 Å². The number of hydrogen-bond donors (Lipinski definition) is 0. The van der Waals surface area contributed by atoms with Crippen molar-refractivity contribution in [2.45, 2.75) is 32.2 Å². The van der Waals surface area contributed by atoms with Crippen LogP contribution in [0.25, 0.3) is 11.4 Å². The molecule has 1 aliphatic rings. The monoisotopic (exact) mass is 347 g/mol. The van der Waals surface area contributed by atoms with Crippen molar-refractivity contribution in [2.24, 2.45) is 0 Å². The molecule has 136 valence electrons. The summed E-state index contributed by atoms with van der Waals surface area (Å²) >= 11 is 0. The minimum Gasteiger partial charge on any atom is -0.493 e. The number of methoxy groups -OCH3 is 3. The molecule has 1 unspecified atom stereocenters. The van der Waals surface area contributed by atoms with Crippen molar-refractivity contribution in [3.63, 3.8) is 0 Å². The van der Waals surface area contributed by atoms with Gasteiger partial charge in [0, 0.05) is 5.56 Å². The summed E-state index contributed by atoms with van der Waals surface area (Å²) < 4.78 is 21.7. The molecule has 0 saturated carbocycles. The van der Waals surface area contributed by atoms with E-state index in [-0.39, 0.29) is 6.04 Å². The third kappa shape index (κ3) is 3.42. The Kier molecular flexibility index (Phi) is 5.43. The Hall–Kier alpha value is -2.28. The van der Waals surface area contributed by atoms with Crippen LogP contribution in [0, 0.1) is 0 Å². The topological polar surface area (TPSA) is 69.9 Å². The highest BCUT2D eigenvalue weighted by molar-refractivity contribution is 5.66. The number of ether oxygens (including phenoxy) is 3. The lowest BCUT2D eigenvalue weighted by atomic mass is 10.1. The summed E-state index contributed by atoms with van der Waals surface area (Å²) in [5, 5.41) is 4.17. The molecule has 1 atom stereocenters. The Labute approximate surface area is 147 Å². The molecule has 1 aromatic heterocycles. The molecule has 2 heterocycles. The average Bonchev–Trinajstić information content (AvgIpc) is 3.29. The van der Waals surface area contributed by atoms with Crippen LogP contribution in [-0.4, -0.2) is 49.5 Å². The first-order valence-corrected chi connectivity index (χ1v) is 8.59. The van der Waals surface area contributed by atoms with Crippen molar-refractivity contribution < 1.29 is 18.7 Å². The number of likely N-dealkylation sites (tertiary alicyclic amines) is 1. The first kappa shape index (κ1) is 17.5. The molecule has 0 bridgehead atoms. The highest BCUT2D eigenvalue weighted by Crippen LogP contribution is 2.41. The van der Waals surface area contributed by atoms with Crippen LogP contribution in [-0.2, 0) is 0 Å². The zero-order chi connectivity index (χ0) is 17.8. The highest BCUT2D eigenvalue weighted by Gasteiger charge is 2.30. The minimum atomic E-state index is 0.211. The number of nitrogens with zero attached hydrogens (tertiary/aromatic N) is 3. The largest absolute Gasteiger partial charge is 0.493 e. The molecule has 7 heteroatoms. The van der Waals surface area contributed by atoms with E-state index in [9.17, 15) is 0 Å². The second-order valence-corrected chi connectivity index (χ2v) is 6.06. The molecule has 0 aliphatic carbocycles. The summed E-state index contributed by atoms with van der Waals surface area (Å²) in [5.74, 6) is 2.88.